The zero-order valence-corrected chi connectivity index (χ0v) is 15.8. The summed E-state index contributed by atoms with van der Waals surface area (Å²) >= 11 is 0. The molecule has 4 rings (SSSR count). The molecule has 1 aromatic heterocycles. The lowest BCUT2D eigenvalue weighted by Crippen LogP contribution is -2.21. The molecule has 1 N–H and O–H groups in total. The Morgan fingerprint density at radius 2 is 1.79 bits per heavy atom. The fraction of sp³-hybridized carbons (Fsp3) is 0.227. The Morgan fingerprint density at radius 3 is 2.54 bits per heavy atom. The lowest BCUT2D eigenvalue weighted by molar-refractivity contribution is 0.0962. The molecule has 1 aliphatic carbocycles. The first-order chi connectivity index (χ1) is 13.7. The second kappa shape index (κ2) is 7.68. The Bertz CT molecular complexity index is 1010. The van der Waals surface area contributed by atoms with E-state index in [1.54, 1.807) is 20.4 Å². The number of methoxy groups -OCH3 is 2. The van der Waals surface area contributed by atoms with Gasteiger partial charge in [-0.1, -0.05) is 24.3 Å². The van der Waals surface area contributed by atoms with Crippen molar-refractivity contribution >= 4 is 17.4 Å². The fourth-order valence-corrected chi connectivity index (χ4v) is 3.50. The van der Waals surface area contributed by atoms with Crippen molar-refractivity contribution in [3.63, 3.8) is 0 Å². The lowest BCUT2D eigenvalue weighted by Gasteiger charge is -2.24. The Kier molecular flexibility index (Phi) is 4.93. The van der Waals surface area contributed by atoms with Gasteiger partial charge in [-0.25, -0.2) is 9.97 Å². The van der Waals surface area contributed by atoms with Gasteiger partial charge >= 0.3 is 0 Å². The fourth-order valence-electron chi connectivity index (χ4n) is 3.50. The Morgan fingerprint density at radius 1 is 1.00 bits per heavy atom. The molecule has 0 saturated heterocycles. The number of rotatable bonds is 5. The summed E-state index contributed by atoms with van der Waals surface area (Å²) in [6, 6.07) is 15.5. The first-order valence-corrected chi connectivity index (χ1v) is 9.11. The van der Waals surface area contributed by atoms with Crippen LogP contribution in [0.15, 0.2) is 54.7 Å². The van der Waals surface area contributed by atoms with Crippen LogP contribution in [0.3, 0.4) is 0 Å². The van der Waals surface area contributed by atoms with E-state index < -0.39 is 0 Å². The van der Waals surface area contributed by atoms with Gasteiger partial charge in [0.05, 0.1) is 25.5 Å². The number of hydrogen-bond donors (Lipinski definition) is 1. The normalized spacial score (nSPS) is 15.6. The van der Waals surface area contributed by atoms with Crippen LogP contribution in [0.5, 0.6) is 11.5 Å². The maximum absolute atomic E-state index is 12.7. The van der Waals surface area contributed by atoms with Gasteiger partial charge in [0.2, 0.25) is 5.95 Å². The van der Waals surface area contributed by atoms with Crippen LogP contribution in [0.4, 0.5) is 11.6 Å². The number of nitrogens with one attached hydrogen (secondary N) is 1. The van der Waals surface area contributed by atoms with Crippen LogP contribution in [0.2, 0.25) is 0 Å². The number of Topliss-reactive ketones (excluding diaryl/α,β-unsaturated/α-hetero) is 1. The summed E-state index contributed by atoms with van der Waals surface area (Å²) in [4.78, 5) is 21.6. The van der Waals surface area contributed by atoms with Crippen LogP contribution in [-0.2, 0) is 6.42 Å². The molecule has 0 fully saturated rings. The number of ether oxygens (including phenoxy) is 2. The topological polar surface area (TPSA) is 73.3 Å². The third-order valence-electron chi connectivity index (χ3n) is 4.95. The van der Waals surface area contributed by atoms with Crippen molar-refractivity contribution in [2.75, 3.05) is 19.5 Å². The number of benzene rings is 2. The molecule has 6 heteroatoms. The zero-order chi connectivity index (χ0) is 19.5. The molecule has 6 nitrogen and oxygen atoms in total. The van der Waals surface area contributed by atoms with E-state index in [-0.39, 0.29) is 11.7 Å². The molecular formula is C22H21N3O3. The maximum Gasteiger partial charge on any atom is 0.227 e. The molecule has 1 aliphatic rings. The molecule has 28 heavy (non-hydrogen) atoms. The minimum absolute atomic E-state index is 0.0410. The highest BCUT2D eigenvalue weighted by Gasteiger charge is 2.28. The molecule has 142 valence electrons. The summed E-state index contributed by atoms with van der Waals surface area (Å²) < 4.78 is 10.7. The largest absolute Gasteiger partial charge is 0.493 e. The molecular weight excluding hydrogens is 354 g/mol. The van der Waals surface area contributed by atoms with E-state index in [4.69, 9.17) is 9.47 Å². The van der Waals surface area contributed by atoms with Gasteiger partial charge in [-0.15, -0.1) is 0 Å². The minimum atomic E-state index is 0.0410. The average Bonchev–Trinajstić information content (AvgIpc) is 2.73. The summed E-state index contributed by atoms with van der Waals surface area (Å²) in [6.45, 7) is 0. The second-order valence-electron chi connectivity index (χ2n) is 6.69. The third kappa shape index (κ3) is 3.53. The van der Waals surface area contributed by atoms with Gasteiger partial charge in [0.25, 0.3) is 0 Å². The van der Waals surface area contributed by atoms with E-state index in [1.165, 1.54) is 0 Å². The van der Waals surface area contributed by atoms with Gasteiger partial charge < -0.3 is 14.8 Å². The van der Waals surface area contributed by atoms with Crippen LogP contribution in [0, 0.1) is 0 Å². The van der Waals surface area contributed by atoms with Crippen molar-refractivity contribution in [1.29, 1.82) is 0 Å². The van der Waals surface area contributed by atoms with Gasteiger partial charge in [-0.05, 0) is 42.2 Å². The number of anilines is 2. The van der Waals surface area contributed by atoms with E-state index in [0.717, 1.165) is 16.9 Å². The average molecular weight is 375 g/mol. The van der Waals surface area contributed by atoms with Crippen LogP contribution < -0.4 is 14.8 Å². The van der Waals surface area contributed by atoms with Gasteiger partial charge in [-0.2, -0.15) is 0 Å². The molecule has 2 aromatic carbocycles. The number of hydrogen-bond acceptors (Lipinski definition) is 6. The number of carbonyl (C=O) groups is 1. The van der Waals surface area contributed by atoms with Crippen LogP contribution in [0.1, 0.15) is 34.0 Å². The second-order valence-corrected chi connectivity index (χ2v) is 6.69. The van der Waals surface area contributed by atoms with Crippen LogP contribution >= 0.6 is 0 Å². The van der Waals surface area contributed by atoms with Gasteiger partial charge in [0.1, 0.15) is 0 Å². The molecule has 0 spiro atoms. The Balaban J connectivity index is 1.61. The Hall–Kier alpha value is -3.41. The Labute approximate surface area is 163 Å². The SMILES string of the molecule is COc1ccc([C@@H]2CC(=O)c3cnc(Nc4ccccc4)nc3C2)cc1OC. The monoisotopic (exact) mass is 375 g/mol. The summed E-state index contributed by atoms with van der Waals surface area (Å²) in [7, 11) is 3.22. The minimum Gasteiger partial charge on any atom is -0.493 e. The number of para-hydroxylation sites is 1. The summed E-state index contributed by atoms with van der Waals surface area (Å²) in [6.07, 6.45) is 2.72. The predicted octanol–water partition coefficient (Wildman–Crippen LogP) is 4.15. The highest BCUT2D eigenvalue weighted by atomic mass is 16.5. The molecule has 0 radical (unpaired) electrons. The van der Waals surface area contributed by atoms with Gasteiger partial charge in [0.15, 0.2) is 17.3 Å². The maximum atomic E-state index is 12.7. The summed E-state index contributed by atoms with van der Waals surface area (Å²) in [5, 5.41) is 3.19. The lowest BCUT2D eigenvalue weighted by atomic mass is 9.82. The molecule has 1 heterocycles. The standard InChI is InChI=1S/C22H21N3O3/c1-27-20-9-8-14(12-21(20)28-2)15-10-18-17(19(26)11-15)13-23-22(25-18)24-16-6-4-3-5-7-16/h3-9,12-13,15H,10-11H2,1-2H3,(H,23,24,25)/t15-/m0/s1. The number of ketones is 1. The number of carbonyl (C=O) groups excluding carboxylic acids is 1. The molecule has 0 aliphatic heterocycles. The van der Waals surface area contributed by atoms with Crippen molar-refractivity contribution in [1.82, 2.24) is 9.97 Å². The van der Waals surface area contributed by atoms with Gasteiger partial charge in [0, 0.05) is 18.3 Å². The van der Waals surface area contributed by atoms with Crippen molar-refractivity contribution in [2.24, 2.45) is 0 Å². The zero-order valence-electron chi connectivity index (χ0n) is 15.8. The highest BCUT2D eigenvalue weighted by Crippen LogP contribution is 2.36. The number of aromatic nitrogens is 2. The molecule has 1 atom stereocenters. The first-order valence-electron chi connectivity index (χ1n) is 9.11. The van der Waals surface area contributed by atoms with E-state index in [9.17, 15) is 4.79 Å². The van der Waals surface area contributed by atoms with E-state index >= 15 is 0 Å². The third-order valence-corrected chi connectivity index (χ3v) is 4.95. The van der Waals surface area contributed by atoms with E-state index in [2.05, 4.69) is 15.3 Å². The molecule has 0 unspecified atom stereocenters. The number of fused-ring (bicyclic) bond motifs is 1. The van der Waals surface area contributed by atoms with Crippen LogP contribution in [0.25, 0.3) is 0 Å². The molecule has 3 aromatic rings. The van der Waals surface area contributed by atoms with Crippen molar-refractivity contribution in [2.45, 2.75) is 18.8 Å². The smallest absolute Gasteiger partial charge is 0.227 e. The highest BCUT2D eigenvalue weighted by molar-refractivity contribution is 5.98. The summed E-state index contributed by atoms with van der Waals surface area (Å²) in [5.74, 6) is 1.93. The first kappa shape index (κ1) is 18.0. The molecule has 0 bridgehead atoms. The van der Waals surface area contributed by atoms with Crippen molar-refractivity contribution in [3.05, 3.63) is 71.5 Å². The van der Waals surface area contributed by atoms with Crippen molar-refractivity contribution in [3.8, 4) is 11.5 Å². The predicted molar refractivity (Wildman–Crippen MR) is 107 cm³/mol. The van der Waals surface area contributed by atoms with Crippen molar-refractivity contribution < 1.29 is 14.3 Å². The van der Waals surface area contributed by atoms with E-state index in [0.29, 0.717) is 35.9 Å². The molecule has 0 saturated carbocycles. The quantitative estimate of drug-likeness (QED) is 0.722. The van der Waals surface area contributed by atoms with Crippen LogP contribution in [-0.4, -0.2) is 30.0 Å². The number of nitrogens with zero attached hydrogens (tertiary/aromatic N) is 2. The van der Waals surface area contributed by atoms with Gasteiger partial charge in [-0.3, -0.25) is 4.79 Å². The summed E-state index contributed by atoms with van der Waals surface area (Å²) in [5.41, 5.74) is 3.31. The molecule has 0 amide bonds. The van der Waals surface area contributed by atoms with E-state index in [1.807, 2.05) is 48.5 Å².